The highest BCUT2D eigenvalue weighted by Gasteiger charge is 2.16. The predicted molar refractivity (Wildman–Crippen MR) is 88.5 cm³/mol. The van der Waals surface area contributed by atoms with Crippen LogP contribution in [0.25, 0.3) is 0 Å². The number of phenols is 1. The van der Waals surface area contributed by atoms with E-state index in [-0.39, 0.29) is 16.9 Å². The molecular weight excluding hydrogens is 329 g/mol. The van der Waals surface area contributed by atoms with Crippen molar-refractivity contribution < 1.29 is 9.90 Å². The van der Waals surface area contributed by atoms with Crippen LogP contribution >= 0.6 is 35.0 Å². The van der Waals surface area contributed by atoms with E-state index in [1.165, 1.54) is 11.8 Å². The van der Waals surface area contributed by atoms with E-state index in [9.17, 15) is 9.90 Å². The molecule has 0 radical (unpaired) electrons. The Kier molecular flexibility index (Phi) is 5.39. The summed E-state index contributed by atoms with van der Waals surface area (Å²) in [5.74, 6) is 0.0272. The first-order valence-electron chi connectivity index (χ1n) is 6.17. The number of thioether (sulfide) groups is 1. The van der Waals surface area contributed by atoms with Crippen molar-refractivity contribution in [3.8, 4) is 5.75 Å². The quantitative estimate of drug-likeness (QED) is 0.784. The largest absolute Gasteiger partial charge is 0.508 e. The van der Waals surface area contributed by atoms with E-state index in [4.69, 9.17) is 23.2 Å². The van der Waals surface area contributed by atoms with E-state index >= 15 is 0 Å². The molecule has 0 spiro atoms. The highest BCUT2D eigenvalue weighted by atomic mass is 35.5. The van der Waals surface area contributed by atoms with E-state index in [0.29, 0.717) is 15.7 Å². The molecule has 110 valence electrons. The number of carbonyl (C=O) groups excluding carboxylic acids is 1. The lowest BCUT2D eigenvalue weighted by Gasteiger charge is -2.13. The molecule has 1 unspecified atom stereocenters. The molecule has 6 heteroatoms. The number of amides is 1. The van der Waals surface area contributed by atoms with Gasteiger partial charge in [-0.3, -0.25) is 4.79 Å². The van der Waals surface area contributed by atoms with Crippen LogP contribution in [0.2, 0.25) is 10.0 Å². The van der Waals surface area contributed by atoms with Crippen LogP contribution < -0.4 is 5.32 Å². The van der Waals surface area contributed by atoms with Gasteiger partial charge in [-0.15, -0.1) is 11.8 Å². The number of anilines is 1. The molecule has 0 aliphatic rings. The highest BCUT2D eigenvalue weighted by molar-refractivity contribution is 8.00. The normalized spacial score (nSPS) is 12.0. The molecule has 2 aromatic carbocycles. The van der Waals surface area contributed by atoms with Crippen LogP contribution in [-0.4, -0.2) is 16.3 Å². The molecule has 21 heavy (non-hydrogen) atoms. The second kappa shape index (κ2) is 7.07. The second-order valence-corrected chi connectivity index (χ2v) is 6.63. The fourth-order valence-corrected chi connectivity index (χ4v) is 2.81. The minimum absolute atomic E-state index is 0.169. The summed E-state index contributed by atoms with van der Waals surface area (Å²) in [6, 6.07) is 11.6. The molecule has 1 atom stereocenters. The van der Waals surface area contributed by atoms with E-state index in [0.717, 1.165) is 4.90 Å². The number of nitrogens with one attached hydrogen (secondary N) is 1. The second-order valence-electron chi connectivity index (χ2n) is 4.37. The van der Waals surface area contributed by atoms with Gasteiger partial charge in [-0.25, -0.2) is 0 Å². The average molecular weight is 342 g/mol. The first kappa shape index (κ1) is 16.0. The summed E-state index contributed by atoms with van der Waals surface area (Å²) in [6.45, 7) is 1.80. The van der Waals surface area contributed by atoms with Crippen molar-refractivity contribution in [1.29, 1.82) is 0 Å². The Morgan fingerprint density at radius 2 is 1.86 bits per heavy atom. The number of halogens is 2. The Morgan fingerprint density at radius 1 is 1.19 bits per heavy atom. The molecule has 2 N–H and O–H groups in total. The lowest BCUT2D eigenvalue weighted by atomic mass is 10.3. The van der Waals surface area contributed by atoms with Gasteiger partial charge in [0.25, 0.3) is 0 Å². The topological polar surface area (TPSA) is 49.3 Å². The monoisotopic (exact) mass is 341 g/mol. The van der Waals surface area contributed by atoms with Crippen LogP contribution in [0.5, 0.6) is 5.75 Å². The van der Waals surface area contributed by atoms with E-state index < -0.39 is 0 Å². The maximum Gasteiger partial charge on any atom is 0.237 e. The van der Waals surface area contributed by atoms with Gasteiger partial charge in [0.05, 0.1) is 16.0 Å². The van der Waals surface area contributed by atoms with Gasteiger partial charge in [-0.2, -0.15) is 0 Å². The Hall–Kier alpha value is -1.36. The van der Waals surface area contributed by atoms with Gasteiger partial charge < -0.3 is 10.4 Å². The zero-order valence-electron chi connectivity index (χ0n) is 11.1. The van der Waals surface area contributed by atoms with Crippen LogP contribution in [0.3, 0.4) is 0 Å². The van der Waals surface area contributed by atoms with Gasteiger partial charge in [0.2, 0.25) is 5.91 Å². The van der Waals surface area contributed by atoms with Crippen molar-refractivity contribution >= 4 is 46.6 Å². The molecule has 0 bridgehead atoms. The summed E-state index contributed by atoms with van der Waals surface area (Å²) in [7, 11) is 0. The summed E-state index contributed by atoms with van der Waals surface area (Å²) in [5.41, 5.74) is 0.493. The van der Waals surface area contributed by atoms with Crippen molar-refractivity contribution in [2.45, 2.75) is 17.1 Å². The molecule has 1 amide bonds. The van der Waals surface area contributed by atoms with Crippen LogP contribution in [0.4, 0.5) is 5.69 Å². The van der Waals surface area contributed by atoms with Crippen LogP contribution in [0.1, 0.15) is 6.92 Å². The van der Waals surface area contributed by atoms with Gasteiger partial charge in [-0.05, 0) is 49.4 Å². The first-order valence-corrected chi connectivity index (χ1v) is 7.81. The fourth-order valence-electron chi connectivity index (χ4n) is 1.61. The van der Waals surface area contributed by atoms with Crippen molar-refractivity contribution in [2.24, 2.45) is 0 Å². The van der Waals surface area contributed by atoms with E-state index in [2.05, 4.69) is 5.32 Å². The third kappa shape index (κ3) is 4.56. The molecular formula is C15H13Cl2NO2S. The fraction of sp³-hybridized carbons (Fsp3) is 0.133. The number of benzene rings is 2. The molecule has 0 aliphatic heterocycles. The summed E-state index contributed by atoms with van der Waals surface area (Å²) < 4.78 is 0. The van der Waals surface area contributed by atoms with Gasteiger partial charge in [-0.1, -0.05) is 23.2 Å². The number of hydrogen-bond acceptors (Lipinski definition) is 3. The van der Waals surface area contributed by atoms with Gasteiger partial charge in [0.15, 0.2) is 0 Å². The number of rotatable bonds is 4. The highest BCUT2D eigenvalue weighted by Crippen LogP contribution is 2.28. The maximum absolute atomic E-state index is 12.2. The number of phenolic OH excluding ortho intramolecular Hbond substituents is 1. The maximum atomic E-state index is 12.2. The van der Waals surface area contributed by atoms with Crippen molar-refractivity contribution in [2.75, 3.05) is 5.32 Å². The third-order valence-corrected chi connectivity index (χ3v) is 4.38. The van der Waals surface area contributed by atoms with Gasteiger partial charge >= 0.3 is 0 Å². The first-order chi connectivity index (χ1) is 9.95. The zero-order valence-corrected chi connectivity index (χ0v) is 13.5. The summed E-state index contributed by atoms with van der Waals surface area (Å²) in [6.07, 6.45) is 0. The molecule has 2 rings (SSSR count). The van der Waals surface area contributed by atoms with E-state index in [1.807, 2.05) is 0 Å². The SMILES string of the molecule is CC(Sc1ccc(O)cc1)C(=O)Nc1cc(Cl)ccc1Cl. The molecule has 0 heterocycles. The Morgan fingerprint density at radius 3 is 2.52 bits per heavy atom. The number of carbonyl (C=O) groups is 1. The summed E-state index contributed by atoms with van der Waals surface area (Å²) in [4.78, 5) is 13.1. The van der Waals surface area contributed by atoms with Crippen molar-refractivity contribution in [3.05, 3.63) is 52.5 Å². The number of hydrogen-bond donors (Lipinski definition) is 2. The Bertz CT molecular complexity index is 647. The molecule has 0 saturated carbocycles. The Labute approximate surface area is 137 Å². The molecule has 2 aromatic rings. The average Bonchev–Trinajstić information content (AvgIpc) is 2.45. The lowest BCUT2D eigenvalue weighted by Crippen LogP contribution is -2.22. The van der Waals surface area contributed by atoms with Crippen molar-refractivity contribution in [3.63, 3.8) is 0 Å². The number of aromatic hydroxyl groups is 1. The smallest absolute Gasteiger partial charge is 0.237 e. The standard InChI is InChI=1S/C15H13Cl2NO2S/c1-9(21-12-5-3-11(19)4-6-12)15(20)18-14-8-10(16)2-7-13(14)17/h2-9,19H,1H3,(H,18,20). The minimum atomic E-state index is -0.315. The van der Waals surface area contributed by atoms with Crippen LogP contribution in [0.15, 0.2) is 47.4 Å². The molecule has 0 saturated heterocycles. The molecule has 0 aliphatic carbocycles. The molecule has 0 fully saturated rings. The summed E-state index contributed by atoms with van der Waals surface area (Å²) >= 11 is 13.3. The lowest BCUT2D eigenvalue weighted by molar-refractivity contribution is -0.115. The van der Waals surface area contributed by atoms with Crippen LogP contribution in [0, 0.1) is 0 Å². The molecule has 0 aromatic heterocycles. The minimum Gasteiger partial charge on any atom is -0.508 e. The third-order valence-electron chi connectivity index (χ3n) is 2.71. The zero-order chi connectivity index (χ0) is 15.4. The van der Waals surface area contributed by atoms with E-state index in [1.54, 1.807) is 49.4 Å². The van der Waals surface area contributed by atoms with Gasteiger partial charge in [0, 0.05) is 9.92 Å². The van der Waals surface area contributed by atoms with Crippen molar-refractivity contribution in [1.82, 2.24) is 0 Å². The molecule has 3 nitrogen and oxygen atoms in total. The van der Waals surface area contributed by atoms with Crippen LogP contribution in [-0.2, 0) is 4.79 Å². The predicted octanol–water partition coefficient (Wildman–Crippen LogP) is 4.82. The van der Waals surface area contributed by atoms with Gasteiger partial charge in [0.1, 0.15) is 5.75 Å². The summed E-state index contributed by atoms with van der Waals surface area (Å²) in [5, 5.41) is 12.6. The Balaban J connectivity index is 2.02.